The van der Waals surface area contributed by atoms with Gasteiger partial charge in [0.15, 0.2) is 0 Å². The number of esters is 1. The van der Waals surface area contributed by atoms with E-state index in [9.17, 15) is 18.0 Å². The van der Waals surface area contributed by atoms with Gasteiger partial charge in [0, 0.05) is 5.69 Å². The summed E-state index contributed by atoms with van der Waals surface area (Å²) in [6.45, 7) is 3.22. The van der Waals surface area contributed by atoms with Crippen molar-refractivity contribution in [1.82, 2.24) is 0 Å². The van der Waals surface area contributed by atoms with Crippen LogP contribution in [-0.4, -0.2) is 31.9 Å². The third-order valence-corrected chi connectivity index (χ3v) is 3.18. The molecule has 0 aliphatic carbocycles. The maximum absolute atomic E-state index is 13.6. The number of halogens is 3. The number of anilines is 1. The summed E-state index contributed by atoms with van der Waals surface area (Å²) >= 11 is 0. The highest BCUT2D eigenvalue weighted by Crippen LogP contribution is 2.39. The third kappa shape index (κ3) is 3.84. The first-order chi connectivity index (χ1) is 10.2. The first kappa shape index (κ1) is 18.1. The van der Waals surface area contributed by atoms with E-state index in [-0.39, 0.29) is 11.6 Å². The van der Waals surface area contributed by atoms with Gasteiger partial charge in [-0.2, -0.15) is 13.2 Å². The van der Waals surface area contributed by atoms with Gasteiger partial charge in [-0.25, -0.2) is 4.79 Å². The quantitative estimate of drug-likeness (QED) is 0.814. The van der Waals surface area contributed by atoms with Crippen molar-refractivity contribution in [3.63, 3.8) is 0 Å². The normalized spacial score (nSPS) is 14.4. The van der Waals surface area contributed by atoms with E-state index in [1.807, 2.05) is 0 Å². The van der Waals surface area contributed by atoms with Crippen LogP contribution in [0.3, 0.4) is 0 Å². The summed E-state index contributed by atoms with van der Waals surface area (Å²) in [6, 6.07) is 5.86. The zero-order valence-electron chi connectivity index (χ0n) is 13.0. The van der Waals surface area contributed by atoms with Gasteiger partial charge in [-0.05, 0) is 36.6 Å². The van der Waals surface area contributed by atoms with Gasteiger partial charge in [0.25, 0.3) is 0 Å². The number of methoxy groups -OCH3 is 2. The summed E-state index contributed by atoms with van der Waals surface area (Å²) in [5, 5.41) is 2.31. The minimum absolute atomic E-state index is 0.157. The highest BCUT2D eigenvalue weighted by molar-refractivity contribution is 5.85. The Bertz CT molecular complexity index is 500. The smallest absolute Gasteiger partial charge is 0.422 e. The van der Waals surface area contributed by atoms with Crippen LogP contribution in [0.4, 0.5) is 18.9 Å². The Morgan fingerprint density at radius 3 is 2.09 bits per heavy atom. The molecular formula is C15H20F3NO3. The van der Waals surface area contributed by atoms with Crippen molar-refractivity contribution in [2.24, 2.45) is 5.92 Å². The summed E-state index contributed by atoms with van der Waals surface area (Å²) in [5.74, 6) is -1.22. The SMILES string of the molecule is COC(=O)C(CC(C)C)(Nc1ccc(OC)cc1)C(F)(F)F. The van der Waals surface area contributed by atoms with Crippen LogP contribution in [0.2, 0.25) is 0 Å². The molecule has 0 aliphatic rings. The van der Waals surface area contributed by atoms with Crippen LogP contribution < -0.4 is 10.1 Å². The first-order valence-corrected chi connectivity index (χ1v) is 6.73. The molecule has 0 bridgehead atoms. The zero-order chi connectivity index (χ0) is 17.0. The molecule has 0 saturated heterocycles. The highest BCUT2D eigenvalue weighted by atomic mass is 19.4. The minimum atomic E-state index is -4.80. The molecular weight excluding hydrogens is 299 g/mol. The van der Waals surface area contributed by atoms with Crippen LogP contribution in [0.25, 0.3) is 0 Å². The highest BCUT2D eigenvalue weighted by Gasteiger charge is 2.61. The maximum Gasteiger partial charge on any atom is 0.422 e. The number of carbonyl (C=O) groups excluding carboxylic acids is 1. The first-order valence-electron chi connectivity index (χ1n) is 6.73. The fraction of sp³-hybridized carbons (Fsp3) is 0.533. The average Bonchev–Trinajstić information content (AvgIpc) is 2.44. The van der Waals surface area contributed by atoms with E-state index >= 15 is 0 Å². The van der Waals surface area contributed by atoms with Crippen molar-refractivity contribution in [1.29, 1.82) is 0 Å². The number of benzene rings is 1. The van der Waals surface area contributed by atoms with E-state index in [1.54, 1.807) is 13.8 Å². The molecule has 0 aromatic heterocycles. The lowest BCUT2D eigenvalue weighted by molar-refractivity contribution is -0.201. The molecule has 124 valence electrons. The molecule has 1 atom stereocenters. The van der Waals surface area contributed by atoms with E-state index in [1.165, 1.54) is 31.4 Å². The number of ether oxygens (including phenoxy) is 2. The van der Waals surface area contributed by atoms with Gasteiger partial charge in [-0.3, -0.25) is 0 Å². The van der Waals surface area contributed by atoms with Gasteiger partial charge in [0.1, 0.15) is 5.75 Å². The molecule has 1 rings (SSSR count). The number of carbonyl (C=O) groups is 1. The fourth-order valence-corrected chi connectivity index (χ4v) is 2.20. The zero-order valence-corrected chi connectivity index (χ0v) is 13.0. The van der Waals surface area contributed by atoms with Crippen LogP contribution in [0.5, 0.6) is 5.75 Å². The van der Waals surface area contributed by atoms with E-state index < -0.39 is 24.1 Å². The van der Waals surface area contributed by atoms with Crippen molar-refractivity contribution in [3.05, 3.63) is 24.3 Å². The maximum atomic E-state index is 13.6. The topological polar surface area (TPSA) is 47.6 Å². The second-order valence-electron chi connectivity index (χ2n) is 5.35. The minimum Gasteiger partial charge on any atom is -0.497 e. The number of hydrogen-bond donors (Lipinski definition) is 1. The van der Waals surface area contributed by atoms with Gasteiger partial charge in [-0.15, -0.1) is 0 Å². The van der Waals surface area contributed by atoms with E-state index in [0.29, 0.717) is 5.75 Å². The van der Waals surface area contributed by atoms with E-state index in [2.05, 4.69) is 10.1 Å². The van der Waals surface area contributed by atoms with Gasteiger partial charge < -0.3 is 14.8 Å². The Balaban J connectivity index is 3.25. The summed E-state index contributed by atoms with van der Waals surface area (Å²) < 4.78 is 50.2. The predicted octanol–water partition coefficient (Wildman–Crippen LogP) is 3.63. The Kier molecular flexibility index (Phi) is 5.68. The lowest BCUT2D eigenvalue weighted by Crippen LogP contribution is -2.59. The van der Waals surface area contributed by atoms with E-state index in [4.69, 9.17) is 4.74 Å². The summed E-state index contributed by atoms with van der Waals surface area (Å²) in [6.07, 6.45) is -5.24. The molecule has 0 spiro atoms. The van der Waals surface area contributed by atoms with Gasteiger partial charge in [0.05, 0.1) is 14.2 Å². The molecule has 0 saturated carbocycles. The molecule has 4 nitrogen and oxygen atoms in total. The van der Waals surface area contributed by atoms with Crippen molar-refractivity contribution in [3.8, 4) is 5.75 Å². The Morgan fingerprint density at radius 2 is 1.73 bits per heavy atom. The standard InChI is InChI=1S/C15H20F3NO3/c1-10(2)9-14(13(20)22-4,15(16,17)18)19-11-5-7-12(21-3)8-6-11/h5-8,10,19H,9H2,1-4H3. The third-order valence-electron chi connectivity index (χ3n) is 3.18. The number of hydrogen-bond acceptors (Lipinski definition) is 4. The lowest BCUT2D eigenvalue weighted by atomic mass is 9.87. The monoisotopic (exact) mass is 319 g/mol. The second kappa shape index (κ2) is 6.89. The van der Waals surface area contributed by atoms with Crippen molar-refractivity contribution in [2.45, 2.75) is 32.0 Å². The molecule has 1 aromatic rings. The van der Waals surface area contributed by atoms with Crippen molar-refractivity contribution < 1.29 is 27.4 Å². The second-order valence-corrected chi connectivity index (χ2v) is 5.35. The lowest BCUT2D eigenvalue weighted by Gasteiger charge is -2.35. The molecule has 0 heterocycles. The van der Waals surface area contributed by atoms with Crippen LogP contribution in [-0.2, 0) is 9.53 Å². The van der Waals surface area contributed by atoms with Crippen molar-refractivity contribution >= 4 is 11.7 Å². The molecule has 0 amide bonds. The van der Waals surface area contributed by atoms with Crippen LogP contribution in [0.15, 0.2) is 24.3 Å². The van der Waals surface area contributed by atoms with Gasteiger partial charge >= 0.3 is 12.1 Å². The molecule has 0 aliphatic heterocycles. The molecule has 1 N–H and O–H groups in total. The Morgan fingerprint density at radius 1 is 1.18 bits per heavy atom. The molecule has 1 unspecified atom stereocenters. The van der Waals surface area contributed by atoms with Crippen LogP contribution >= 0.6 is 0 Å². The van der Waals surface area contributed by atoms with E-state index in [0.717, 1.165) is 7.11 Å². The average molecular weight is 319 g/mol. The molecule has 22 heavy (non-hydrogen) atoms. The van der Waals surface area contributed by atoms with Gasteiger partial charge in [0.2, 0.25) is 5.54 Å². The summed E-state index contributed by atoms with van der Waals surface area (Å²) in [5.41, 5.74) is -2.63. The predicted molar refractivity (Wildman–Crippen MR) is 76.9 cm³/mol. The molecule has 7 heteroatoms. The molecule has 0 fully saturated rings. The number of alkyl halides is 3. The summed E-state index contributed by atoms with van der Waals surface area (Å²) in [4.78, 5) is 11.9. The van der Waals surface area contributed by atoms with Gasteiger partial charge in [-0.1, -0.05) is 13.8 Å². The molecule has 0 radical (unpaired) electrons. The molecule has 1 aromatic carbocycles. The fourth-order valence-electron chi connectivity index (χ4n) is 2.20. The van der Waals surface area contributed by atoms with Crippen molar-refractivity contribution in [2.75, 3.05) is 19.5 Å². The summed E-state index contributed by atoms with van der Waals surface area (Å²) in [7, 11) is 2.40. The Hall–Kier alpha value is -1.92. The van der Waals surface area contributed by atoms with Crippen LogP contribution in [0, 0.1) is 5.92 Å². The number of nitrogens with one attached hydrogen (secondary N) is 1. The Labute approximate surface area is 127 Å². The van der Waals surface area contributed by atoms with Crippen LogP contribution in [0.1, 0.15) is 20.3 Å². The largest absolute Gasteiger partial charge is 0.497 e. The number of rotatable bonds is 6.